The predicted molar refractivity (Wildman–Crippen MR) is 74.2 cm³/mol. The predicted octanol–water partition coefficient (Wildman–Crippen LogP) is 1.96. The molecule has 1 aromatic rings. The van der Waals surface area contributed by atoms with E-state index in [0.717, 1.165) is 24.9 Å². The van der Waals surface area contributed by atoms with Crippen molar-refractivity contribution in [2.75, 3.05) is 19.6 Å². The Kier molecular flexibility index (Phi) is 6.87. The summed E-state index contributed by atoms with van der Waals surface area (Å²) in [5.74, 6) is 0. The van der Waals surface area contributed by atoms with Crippen LogP contribution in [0.5, 0.6) is 0 Å². The van der Waals surface area contributed by atoms with Crippen LogP contribution in [0.2, 0.25) is 0 Å². The minimum absolute atomic E-state index is 0.0299. The van der Waals surface area contributed by atoms with Gasteiger partial charge in [-0.1, -0.05) is 43.7 Å². The number of benzene rings is 1. The highest BCUT2D eigenvalue weighted by Crippen LogP contribution is 1.99. The van der Waals surface area contributed by atoms with Crippen LogP contribution >= 0.6 is 0 Å². The summed E-state index contributed by atoms with van der Waals surface area (Å²) < 4.78 is 0. The molecule has 0 bridgehead atoms. The van der Waals surface area contributed by atoms with Crippen LogP contribution in [0.3, 0.4) is 0 Å². The van der Waals surface area contributed by atoms with Gasteiger partial charge in [-0.25, -0.2) is 4.79 Å². The van der Waals surface area contributed by atoms with Crippen LogP contribution in [0.25, 0.3) is 0 Å². The number of carbonyl (C=O) groups excluding carboxylic acids is 1. The topological polar surface area (TPSA) is 58.4 Å². The molecule has 0 radical (unpaired) electrons. The lowest BCUT2D eigenvalue weighted by Crippen LogP contribution is -2.42. The van der Waals surface area contributed by atoms with Gasteiger partial charge >= 0.3 is 6.03 Å². The lowest BCUT2D eigenvalue weighted by Gasteiger charge is -2.22. The molecule has 0 saturated heterocycles. The van der Waals surface area contributed by atoms with Gasteiger partial charge < -0.3 is 16.0 Å². The molecule has 4 nitrogen and oxygen atoms in total. The molecule has 100 valence electrons. The number of unbranched alkanes of at least 4 members (excludes halogenated alkanes) is 1. The average Bonchev–Trinajstić information content (AvgIpc) is 2.42. The molecule has 0 aromatic heterocycles. The number of nitrogens with one attached hydrogen (secondary N) is 1. The molecular weight excluding hydrogens is 226 g/mol. The van der Waals surface area contributed by atoms with Gasteiger partial charge in [-0.3, -0.25) is 0 Å². The molecule has 0 heterocycles. The van der Waals surface area contributed by atoms with Crippen molar-refractivity contribution >= 4 is 6.03 Å². The minimum atomic E-state index is -0.0299. The highest BCUT2D eigenvalue weighted by atomic mass is 16.2. The summed E-state index contributed by atoms with van der Waals surface area (Å²) >= 11 is 0. The first-order valence-corrected chi connectivity index (χ1v) is 6.54. The first kappa shape index (κ1) is 14.5. The van der Waals surface area contributed by atoms with Crippen LogP contribution in [-0.2, 0) is 6.54 Å². The Morgan fingerprint density at radius 1 is 1.28 bits per heavy atom. The largest absolute Gasteiger partial charge is 0.334 e. The van der Waals surface area contributed by atoms with Crippen LogP contribution in [0.1, 0.15) is 25.3 Å². The highest BCUT2D eigenvalue weighted by molar-refractivity contribution is 5.74. The van der Waals surface area contributed by atoms with Crippen LogP contribution in [0, 0.1) is 0 Å². The number of nitrogens with zero attached hydrogens (tertiary/aromatic N) is 1. The van der Waals surface area contributed by atoms with Crippen LogP contribution in [0.15, 0.2) is 30.3 Å². The maximum atomic E-state index is 12.0. The van der Waals surface area contributed by atoms with Crippen LogP contribution < -0.4 is 11.1 Å². The van der Waals surface area contributed by atoms with Gasteiger partial charge in [0, 0.05) is 26.2 Å². The van der Waals surface area contributed by atoms with Gasteiger partial charge in [0.15, 0.2) is 0 Å². The molecule has 3 N–H and O–H groups in total. The normalized spacial score (nSPS) is 10.1. The fraction of sp³-hybridized carbons (Fsp3) is 0.500. The molecule has 0 unspecified atom stereocenters. The number of rotatable bonds is 7. The zero-order valence-electron chi connectivity index (χ0n) is 11.1. The number of nitrogens with two attached hydrogens (primary N) is 1. The molecule has 0 saturated carbocycles. The fourth-order valence-corrected chi connectivity index (χ4v) is 1.71. The van der Waals surface area contributed by atoms with E-state index in [1.807, 2.05) is 30.3 Å². The molecule has 0 aliphatic carbocycles. The second-order valence-corrected chi connectivity index (χ2v) is 4.27. The average molecular weight is 249 g/mol. The van der Waals surface area contributed by atoms with Crippen LogP contribution in [-0.4, -0.2) is 30.6 Å². The molecule has 1 rings (SSSR count). The van der Waals surface area contributed by atoms with Crippen molar-refractivity contribution in [2.24, 2.45) is 5.73 Å². The summed E-state index contributed by atoms with van der Waals surface area (Å²) in [5.41, 5.74) is 6.63. The van der Waals surface area contributed by atoms with E-state index in [2.05, 4.69) is 12.2 Å². The van der Waals surface area contributed by atoms with E-state index in [-0.39, 0.29) is 6.03 Å². The third-order valence-corrected chi connectivity index (χ3v) is 2.75. The zero-order chi connectivity index (χ0) is 13.2. The van der Waals surface area contributed by atoms with E-state index < -0.39 is 0 Å². The van der Waals surface area contributed by atoms with E-state index in [9.17, 15) is 4.79 Å². The first-order valence-electron chi connectivity index (χ1n) is 6.54. The van der Waals surface area contributed by atoms with Crippen molar-refractivity contribution in [3.05, 3.63) is 35.9 Å². The molecule has 0 aliphatic rings. The summed E-state index contributed by atoms with van der Waals surface area (Å²) in [6.07, 6.45) is 2.09. The summed E-state index contributed by atoms with van der Waals surface area (Å²) in [6, 6.07) is 9.87. The Morgan fingerprint density at radius 2 is 2.00 bits per heavy atom. The van der Waals surface area contributed by atoms with Gasteiger partial charge in [0.2, 0.25) is 0 Å². The molecule has 1 aromatic carbocycles. The van der Waals surface area contributed by atoms with Crippen molar-refractivity contribution in [3.8, 4) is 0 Å². The molecule has 18 heavy (non-hydrogen) atoms. The second kappa shape index (κ2) is 8.53. The molecule has 0 aliphatic heterocycles. The minimum Gasteiger partial charge on any atom is -0.334 e. The van der Waals surface area contributed by atoms with Crippen molar-refractivity contribution in [2.45, 2.75) is 26.3 Å². The lowest BCUT2D eigenvalue weighted by atomic mass is 10.2. The van der Waals surface area contributed by atoms with Gasteiger partial charge in [-0.05, 0) is 12.0 Å². The number of carbonyl (C=O) groups is 1. The van der Waals surface area contributed by atoms with E-state index in [1.165, 1.54) is 0 Å². The van der Waals surface area contributed by atoms with Gasteiger partial charge in [-0.15, -0.1) is 0 Å². The SMILES string of the molecule is CCCCN(CCN)C(=O)NCc1ccccc1. The van der Waals surface area contributed by atoms with E-state index in [0.29, 0.717) is 19.6 Å². The van der Waals surface area contributed by atoms with Crippen molar-refractivity contribution in [1.29, 1.82) is 0 Å². The Labute approximate surface area is 109 Å². The summed E-state index contributed by atoms with van der Waals surface area (Å²) in [7, 11) is 0. The molecule has 4 heteroatoms. The van der Waals surface area contributed by atoms with E-state index in [1.54, 1.807) is 4.90 Å². The monoisotopic (exact) mass is 249 g/mol. The van der Waals surface area contributed by atoms with Gasteiger partial charge in [0.1, 0.15) is 0 Å². The quantitative estimate of drug-likeness (QED) is 0.776. The van der Waals surface area contributed by atoms with Crippen molar-refractivity contribution < 1.29 is 4.79 Å². The number of amides is 2. The van der Waals surface area contributed by atoms with Crippen LogP contribution in [0.4, 0.5) is 4.79 Å². The Bertz CT molecular complexity index is 340. The lowest BCUT2D eigenvalue weighted by molar-refractivity contribution is 0.198. The Hall–Kier alpha value is -1.55. The van der Waals surface area contributed by atoms with Crippen molar-refractivity contribution in [3.63, 3.8) is 0 Å². The summed E-state index contributed by atoms with van der Waals surface area (Å²) in [6.45, 7) is 4.56. The molecule has 0 fully saturated rings. The van der Waals surface area contributed by atoms with Gasteiger partial charge in [0.05, 0.1) is 0 Å². The summed E-state index contributed by atoms with van der Waals surface area (Å²) in [5, 5.41) is 2.92. The second-order valence-electron chi connectivity index (χ2n) is 4.27. The fourth-order valence-electron chi connectivity index (χ4n) is 1.71. The molecular formula is C14H23N3O. The third-order valence-electron chi connectivity index (χ3n) is 2.75. The highest BCUT2D eigenvalue weighted by Gasteiger charge is 2.10. The standard InChI is InChI=1S/C14H23N3O/c1-2-3-10-17(11-9-15)14(18)16-12-13-7-5-4-6-8-13/h4-8H,2-3,9-12,15H2,1H3,(H,16,18). The van der Waals surface area contributed by atoms with E-state index in [4.69, 9.17) is 5.73 Å². The number of urea groups is 1. The van der Waals surface area contributed by atoms with E-state index >= 15 is 0 Å². The van der Waals surface area contributed by atoms with Gasteiger partial charge in [-0.2, -0.15) is 0 Å². The maximum absolute atomic E-state index is 12.0. The number of hydrogen-bond donors (Lipinski definition) is 2. The molecule has 0 spiro atoms. The first-order chi connectivity index (χ1) is 8.77. The number of hydrogen-bond acceptors (Lipinski definition) is 2. The van der Waals surface area contributed by atoms with Gasteiger partial charge in [0.25, 0.3) is 0 Å². The zero-order valence-corrected chi connectivity index (χ0v) is 11.1. The third kappa shape index (κ3) is 5.19. The Morgan fingerprint density at radius 3 is 2.61 bits per heavy atom. The maximum Gasteiger partial charge on any atom is 0.317 e. The smallest absolute Gasteiger partial charge is 0.317 e. The summed E-state index contributed by atoms with van der Waals surface area (Å²) in [4.78, 5) is 13.8. The molecule has 2 amide bonds. The van der Waals surface area contributed by atoms with Crippen molar-refractivity contribution in [1.82, 2.24) is 10.2 Å². The molecule has 0 atom stereocenters. The Balaban J connectivity index is 2.40.